The van der Waals surface area contributed by atoms with Crippen LogP contribution >= 0.6 is 11.3 Å². The van der Waals surface area contributed by atoms with E-state index < -0.39 is 0 Å². The predicted octanol–water partition coefficient (Wildman–Crippen LogP) is 1.24. The van der Waals surface area contributed by atoms with Crippen molar-refractivity contribution in [2.24, 2.45) is 0 Å². The Morgan fingerprint density at radius 3 is 2.94 bits per heavy atom. The molecule has 2 rings (SSSR count). The fourth-order valence-corrected chi connectivity index (χ4v) is 2.01. The molecule has 0 radical (unpaired) electrons. The third kappa shape index (κ3) is 1.83. The molecule has 0 aromatic carbocycles. The first-order valence-corrected chi connectivity index (χ1v) is 5.96. The number of hydrogen-bond donors (Lipinski definition) is 1. The molecule has 6 nitrogen and oxygen atoms in total. The lowest BCUT2D eigenvalue weighted by molar-refractivity contribution is 0.845. The molecular formula is C10H12N6S. The second-order valence-corrected chi connectivity index (χ2v) is 4.31. The van der Waals surface area contributed by atoms with Crippen LogP contribution in [0.5, 0.6) is 0 Å². The standard InChI is InChI=1S/C10H12N6S/c1-3-15(2)9-7(6-11)8(12)16(14-9)10-13-4-5-17-10/h4-5H,3,12H2,1-2H3. The Labute approximate surface area is 103 Å². The number of anilines is 2. The number of nitriles is 1. The first-order chi connectivity index (χ1) is 8.19. The molecule has 0 bridgehead atoms. The minimum absolute atomic E-state index is 0.331. The molecule has 7 heteroatoms. The zero-order chi connectivity index (χ0) is 12.4. The van der Waals surface area contributed by atoms with Crippen LogP contribution in [0, 0.1) is 11.3 Å². The Hall–Kier alpha value is -2.07. The van der Waals surface area contributed by atoms with Gasteiger partial charge in [-0.05, 0) is 6.92 Å². The molecule has 0 fully saturated rings. The van der Waals surface area contributed by atoms with Gasteiger partial charge < -0.3 is 10.6 Å². The van der Waals surface area contributed by atoms with E-state index in [0.717, 1.165) is 6.54 Å². The molecule has 0 aliphatic heterocycles. The van der Waals surface area contributed by atoms with Crippen LogP contribution in [-0.4, -0.2) is 28.4 Å². The van der Waals surface area contributed by atoms with Gasteiger partial charge in [0.1, 0.15) is 17.5 Å². The third-order valence-electron chi connectivity index (χ3n) is 2.45. The normalized spacial score (nSPS) is 10.2. The number of aromatic nitrogens is 3. The molecule has 2 aromatic rings. The predicted molar refractivity (Wildman–Crippen MR) is 67.3 cm³/mol. The van der Waals surface area contributed by atoms with Gasteiger partial charge in [-0.15, -0.1) is 16.4 Å². The first-order valence-electron chi connectivity index (χ1n) is 5.08. The Kier molecular flexibility index (Phi) is 2.97. The van der Waals surface area contributed by atoms with Crippen LogP contribution < -0.4 is 10.6 Å². The second kappa shape index (κ2) is 4.43. The van der Waals surface area contributed by atoms with E-state index in [-0.39, 0.29) is 0 Å². The monoisotopic (exact) mass is 248 g/mol. The van der Waals surface area contributed by atoms with Gasteiger partial charge in [-0.2, -0.15) is 9.94 Å². The summed E-state index contributed by atoms with van der Waals surface area (Å²) in [6.07, 6.45) is 1.68. The first kappa shape index (κ1) is 11.4. The lowest BCUT2D eigenvalue weighted by Gasteiger charge is -2.12. The Bertz CT molecular complexity index is 550. The molecule has 0 spiro atoms. The summed E-state index contributed by atoms with van der Waals surface area (Å²) in [5, 5.41) is 16.0. The third-order valence-corrected chi connectivity index (χ3v) is 3.20. The summed E-state index contributed by atoms with van der Waals surface area (Å²) in [4.78, 5) is 6.01. The molecule has 0 unspecified atom stereocenters. The van der Waals surface area contributed by atoms with Gasteiger partial charge in [0.15, 0.2) is 5.82 Å². The molecule has 0 aliphatic rings. The van der Waals surface area contributed by atoms with Crippen LogP contribution in [0.15, 0.2) is 11.6 Å². The average Bonchev–Trinajstić information content (AvgIpc) is 2.95. The molecule has 0 atom stereocenters. The highest BCUT2D eigenvalue weighted by atomic mass is 32.1. The number of nitrogens with two attached hydrogens (primary N) is 1. The fourth-order valence-electron chi connectivity index (χ4n) is 1.41. The van der Waals surface area contributed by atoms with E-state index in [9.17, 15) is 0 Å². The van der Waals surface area contributed by atoms with Crippen LogP contribution in [-0.2, 0) is 0 Å². The van der Waals surface area contributed by atoms with E-state index in [1.165, 1.54) is 16.0 Å². The zero-order valence-corrected chi connectivity index (χ0v) is 10.4. The fraction of sp³-hybridized carbons (Fsp3) is 0.300. The summed E-state index contributed by atoms with van der Waals surface area (Å²) in [5.74, 6) is 0.917. The summed E-state index contributed by atoms with van der Waals surface area (Å²) < 4.78 is 1.50. The van der Waals surface area contributed by atoms with Crippen molar-refractivity contribution in [3.63, 3.8) is 0 Å². The van der Waals surface area contributed by atoms with Crippen molar-refractivity contribution in [1.29, 1.82) is 5.26 Å². The van der Waals surface area contributed by atoms with Crippen LogP contribution in [0.4, 0.5) is 11.6 Å². The Morgan fingerprint density at radius 2 is 2.41 bits per heavy atom. The quantitative estimate of drug-likeness (QED) is 0.883. The van der Waals surface area contributed by atoms with E-state index in [4.69, 9.17) is 11.0 Å². The summed E-state index contributed by atoms with van der Waals surface area (Å²) in [7, 11) is 1.87. The van der Waals surface area contributed by atoms with Crippen molar-refractivity contribution in [1.82, 2.24) is 14.8 Å². The molecule has 2 heterocycles. The van der Waals surface area contributed by atoms with Crippen molar-refractivity contribution in [3.8, 4) is 11.2 Å². The highest BCUT2D eigenvalue weighted by Gasteiger charge is 2.19. The summed E-state index contributed by atoms with van der Waals surface area (Å²) in [5.41, 5.74) is 6.31. The summed E-state index contributed by atoms with van der Waals surface area (Å²) >= 11 is 1.42. The topological polar surface area (TPSA) is 83.8 Å². The van der Waals surface area contributed by atoms with Gasteiger partial charge >= 0.3 is 0 Å². The van der Waals surface area contributed by atoms with Gasteiger partial charge in [0.2, 0.25) is 5.13 Å². The minimum Gasteiger partial charge on any atom is -0.382 e. The maximum absolute atomic E-state index is 9.13. The average molecular weight is 248 g/mol. The Balaban J connectivity index is 2.58. The number of nitrogens with zero attached hydrogens (tertiary/aromatic N) is 5. The van der Waals surface area contributed by atoms with Crippen molar-refractivity contribution in [2.75, 3.05) is 24.2 Å². The molecule has 88 valence electrons. The number of nitrogen functional groups attached to an aromatic ring is 1. The van der Waals surface area contributed by atoms with Gasteiger partial charge in [-0.3, -0.25) is 0 Å². The highest BCUT2D eigenvalue weighted by molar-refractivity contribution is 7.12. The SMILES string of the molecule is CCN(C)c1nn(-c2nccs2)c(N)c1C#N. The highest BCUT2D eigenvalue weighted by Crippen LogP contribution is 2.26. The van der Waals surface area contributed by atoms with Crippen LogP contribution in [0.2, 0.25) is 0 Å². The minimum atomic E-state index is 0.331. The maximum atomic E-state index is 9.13. The molecular weight excluding hydrogens is 236 g/mol. The van der Waals surface area contributed by atoms with E-state index in [1.807, 2.05) is 24.3 Å². The van der Waals surface area contributed by atoms with Crippen molar-refractivity contribution < 1.29 is 0 Å². The second-order valence-electron chi connectivity index (χ2n) is 3.44. The molecule has 0 aliphatic carbocycles. The van der Waals surface area contributed by atoms with Gasteiger partial charge in [0.25, 0.3) is 0 Å². The number of rotatable bonds is 3. The summed E-state index contributed by atoms with van der Waals surface area (Å²) in [6.45, 7) is 2.74. The van der Waals surface area contributed by atoms with Crippen molar-refractivity contribution in [3.05, 3.63) is 17.1 Å². The van der Waals surface area contributed by atoms with Crippen LogP contribution in [0.1, 0.15) is 12.5 Å². The zero-order valence-electron chi connectivity index (χ0n) is 9.58. The Morgan fingerprint density at radius 1 is 1.65 bits per heavy atom. The molecule has 2 aromatic heterocycles. The van der Waals surface area contributed by atoms with Crippen LogP contribution in [0.25, 0.3) is 5.13 Å². The largest absolute Gasteiger partial charge is 0.382 e. The van der Waals surface area contributed by atoms with Gasteiger partial charge in [-0.25, -0.2) is 4.98 Å². The van der Waals surface area contributed by atoms with E-state index in [0.29, 0.717) is 22.3 Å². The lowest BCUT2D eigenvalue weighted by Crippen LogP contribution is -2.17. The molecule has 0 saturated carbocycles. The maximum Gasteiger partial charge on any atom is 0.212 e. The van der Waals surface area contributed by atoms with Crippen LogP contribution in [0.3, 0.4) is 0 Å². The van der Waals surface area contributed by atoms with E-state index in [2.05, 4.69) is 16.2 Å². The lowest BCUT2D eigenvalue weighted by atomic mass is 10.3. The summed E-state index contributed by atoms with van der Waals surface area (Å²) in [6, 6.07) is 2.09. The van der Waals surface area contributed by atoms with Crippen molar-refractivity contribution >= 4 is 23.0 Å². The van der Waals surface area contributed by atoms with Gasteiger partial charge in [-0.1, -0.05) is 0 Å². The molecule has 17 heavy (non-hydrogen) atoms. The van der Waals surface area contributed by atoms with Crippen molar-refractivity contribution in [2.45, 2.75) is 6.92 Å². The van der Waals surface area contributed by atoms with E-state index >= 15 is 0 Å². The molecule has 2 N–H and O–H groups in total. The molecule has 0 amide bonds. The van der Waals surface area contributed by atoms with Gasteiger partial charge in [0, 0.05) is 25.2 Å². The van der Waals surface area contributed by atoms with E-state index in [1.54, 1.807) is 6.20 Å². The number of thiazole rings is 1. The van der Waals surface area contributed by atoms with Gasteiger partial charge in [0.05, 0.1) is 0 Å². The number of hydrogen-bond acceptors (Lipinski definition) is 6. The molecule has 0 saturated heterocycles. The smallest absolute Gasteiger partial charge is 0.212 e.